The van der Waals surface area contributed by atoms with Crippen LogP contribution in [0, 0.1) is 6.92 Å². The Bertz CT molecular complexity index is 740. The van der Waals surface area contributed by atoms with Gasteiger partial charge >= 0.3 is 0 Å². The van der Waals surface area contributed by atoms with Gasteiger partial charge in [-0.15, -0.1) is 0 Å². The standard InChI is InChI=1S/C17H15N3O/c1-12-15(18)8-10-17(20-12)21-14-7-9-16(19-11-14)13-5-3-2-4-6-13/h2-11H,18H2,1H3. The number of nitrogen functional groups attached to an aromatic ring is 1. The Balaban J connectivity index is 1.80. The summed E-state index contributed by atoms with van der Waals surface area (Å²) in [6.45, 7) is 1.85. The van der Waals surface area contributed by atoms with Gasteiger partial charge in [0.1, 0.15) is 5.75 Å². The van der Waals surface area contributed by atoms with Crippen LogP contribution in [0.1, 0.15) is 5.69 Å². The van der Waals surface area contributed by atoms with Crippen LogP contribution in [0.5, 0.6) is 11.6 Å². The number of rotatable bonds is 3. The lowest BCUT2D eigenvalue weighted by Crippen LogP contribution is -1.95. The van der Waals surface area contributed by atoms with Crippen molar-refractivity contribution in [3.8, 4) is 22.9 Å². The van der Waals surface area contributed by atoms with E-state index in [9.17, 15) is 0 Å². The first-order valence-electron chi connectivity index (χ1n) is 6.65. The van der Waals surface area contributed by atoms with E-state index in [1.54, 1.807) is 18.3 Å². The zero-order valence-corrected chi connectivity index (χ0v) is 11.7. The Morgan fingerprint density at radius 1 is 0.952 bits per heavy atom. The minimum Gasteiger partial charge on any atom is -0.437 e. The summed E-state index contributed by atoms with van der Waals surface area (Å²) in [6.07, 6.45) is 1.69. The third-order valence-electron chi connectivity index (χ3n) is 3.13. The summed E-state index contributed by atoms with van der Waals surface area (Å²) >= 11 is 0. The van der Waals surface area contributed by atoms with Crippen molar-refractivity contribution in [3.63, 3.8) is 0 Å². The SMILES string of the molecule is Cc1nc(Oc2ccc(-c3ccccc3)nc2)ccc1N. The lowest BCUT2D eigenvalue weighted by molar-refractivity contribution is 0.460. The van der Waals surface area contributed by atoms with Crippen LogP contribution in [0.15, 0.2) is 60.8 Å². The first-order chi connectivity index (χ1) is 10.2. The molecule has 0 fully saturated rings. The van der Waals surface area contributed by atoms with Gasteiger partial charge in [0, 0.05) is 11.6 Å². The van der Waals surface area contributed by atoms with Gasteiger partial charge in [-0.1, -0.05) is 30.3 Å². The van der Waals surface area contributed by atoms with E-state index in [2.05, 4.69) is 9.97 Å². The first kappa shape index (κ1) is 13.1. The Morgan fingerprint density at radius 2 is 1.76 bits per heavy atom. The zero-order chi connectivity index (χ0) is 14.7. The summed E-state index contributed by atoms with van der Waals surface area (Å²) < 4.78 is 5.68. The van der Waals surface area contributed by atoms with Crippen LogP contribution in [0.4, 0.5) is 5.69 Å². The fourth-order valence-electron chi connectivity index (χ4n) is 1.95. The largest absolute Gasteiger partial charge is 0.437 e. The molecule has 4 heteroatoms. The summed E-state index contributed by atoms with van der Waals surface area (Å²) in [6, 6.07) is 17.3. The van der Waals surface area contributed by atoms with Crippen LogP contribution in [-0.4, -0.2) is 9.97 Å². The third-order valence-corrected chi connectivity index (χ3v) is 3.13. The Kier molecular flexibility index (Phi) is 3.51. The molecule has 2 aromatic heterocycles. The molecule has 0 radical (unpaired) electrons. The number of pyridine rings is 2. The van der Waals surface area contributed by atoms with E-state index in [1.165, 1.54) is 0 Å². The Labute approximate surface area is 123 Å². The van der Waals surface area contributed by atoms with Crippen molar-refractivity contribution in [2.75, 3.05) is 5.73 Å². The van der Waals surface area contributed by atoms with E-state index < -0.39 is 0 Å². The summed E-state index contributed by atoms with van der Waals surface area (Å²) in [7, 11) is 0. The maximum absolute atomic E-state index is 5.74. The van der Waals surface area contributed by atoms with E-state index >= 15 is 0 Å². The monoisotopic (exact) mass is 277 g/mol. The fourth-order valence-corrected chi connectivity index (χ4v) is 1.95. The van der Waals surface area contributed by atoms with Gasteiger partial charge in [-0.2, -0.15) is 0 Å². The lowest BCUT2D eigenvalue weighted by Gasteiger charge is -2.07. The van der Waals surface area contributed by atoms with E-state index in [0.29, 0.717) is 17.3 Å². The molecule has 0 aliphatic heterocycles. The smallest absolute Gasteiger partial charge is 0.219 e. The van der Waals surface area contributed by atoms with Crippen molar-refractivity contribution in [3.05, 3.63) is 66.5 Å². The molecule has 0 atom stereocenters. The fraction of sp³-hybridized carbons (Fsp3) is 0.0588. The van der Waals surface area contributed by atoms with Gasteiger partial charge in [0.05, 0.1) is 23.3 Å². The molecule has 0 saturated heterocycles. The van der Waals surface area contributed by atoms with Crippen LogP contribution in [0.2, 0.25) is 0 Å². The van der Waals surface area contributed by atoms with Gasteiger partial charge in [0.2, 0.25) is 5.88 Å². The summed E-state index contributed by atoms with van der Waals surface area (Å²) in [5.41, 5.74) is 9.12. The van der Waals surface area contributed by atoms with Crippen molar-refractivity contribution < 1.29 is 4.74 Å². The summed E-state index contributed by atoms with van der Waals surface area (Å²) in [5.74, 6) is 1.15. The van der Waals surface area contributed by atoms with E-state index in [4.69, 9.17) is 10.5 Å². The molecule has 2 N–H and O–H groups in total. The quantitative estimate of drug-likeness (QED) is 0.790. The second-order valence-corrected chi connectivity index (χ2v) is 4.67. The van der Waals surface area contributed by atoms with E-state index in [1.807, 2.05) is 49.4 Å². The molecule has 0 amide bonds. The van der Waals surface area contributed by atoms with Gasteiger partial charge in [0.15, 0.2) is 0 Å². The second kappa shape index (κ2) is 5.63. The molecule has 2 heterocycles. The Hall–Kier alpha value is -2.88. The number of aromatic nitrogens is 2. The van der Waals surface area contributed by atoms with Crippen molar-refractivity contribution in [2.24, 2.45) is 0 Å². The highest BCUT2D eigenvalue weighted by Crippen LogP contribution is 2.23. The molecule has 0 aliphatic rings. The topological polar surface area (TPSA) is 61.0 Å². The average molecular weight is 277 g/mol. The molecule has 0 saturated carbocycles. The number of nitrogens with two attached hydrogens (primary N) is 1. The van der Waals surface area contributed by atoms with Crippen LogP contribution >= 0.6 is 0 Å². The van der Waals surface area contributed by atoms with Gasteiger partial charge in [-0.05, 0) is 25.1 Å². The molecule has 104 valence electrons. The Morgan fingerprint density at radius 3 is 2.43 bits per heavy atom. The molecule has 4 nitrogen and oxygen atoms in total. The molecule has 1 aromatic carbocycles. The molecule has 0 spiro atoms. The van der Waals surface area contributed by atoms with Gasteiger partial charge in [-0.25, -0.2) is 4.98 Å². The van der Waals surface area contributed by atoms with Crippen LogP contribution in [-0.2, 0) is 0 Å². The summed E-state index contributed by atoms with van der Waals surface area (Å²) in [5, 5.41) is 0. The van der Waals surface area contributed by atoms with Gasteiger partial charge in [0.25, 0.3) is 0 Å². The highest BCUT2D eigenvalue weighted by atomic mass is 16.5. The minimum atomic E-state index is 0.510. The van der Waals surface area contributed by atoms with Gasteiger partial charge in [-0.3, -0.25) is 4.98 Å². The average Bonchev–Trinajstić information content (AvgIpc) is 2.53. The predicted octanol–water partition coefficient (Wildman–Crippen LogP) is 3.83. The molecule has 21 heavy (non-hydrogen) atoms. The van der Waals surface area contributed by atoms with Crippen LogP contribution in [0.25, 0.3) is 11.3 Å². The lowest BCUT2D eigenvalue weighted by atomic mass is 10.1. The maximum atomic E-state index is 5.74. The number of hydrogen-bond donors (Lipinski definition) is 1. The molecule has 0 aliphatic carbocycles. The van der Waals surface area contributed by atoms with E-state index in [-0.39, 0.29) is 0 Å². The molecule has 0 unspecified atom stereocenters. The van der Waals surface area contributed by atoms with Crippen LogP contribution < -0.4 is 10.5 Å². The molecule has 3 rings (SSSR count). The highest BCUT2D eigenvalue weighted by Gasteiger charge is 2.03. The molecule has 0 bridgehead atoms. The number of benzene rings is 1. The number of hydrogen-bond acceptors (Lipinski definition) is 4. The second-order valence-electron chi connectivity index (χ2n) is 4.67. The van der Waals surface area contributed by atoms with Crippen molar-refractivity contribution >= 4 is 5.69 Å². The normalized spacial score (nSPS) is 10.3. The van der Waals surface area contributed by atoms with Crippen molar-refractivity contribution in [1.29, 1.82) is 0 Å². The maximum Gasteiger partial charge on any atom is 0.219 e. The number of aryl methyl sites for hydroxylation is 1. The summed E-state index contributed by atoms with van der Waals surface area (Å²) in [4.78, 5) is 8.68. The van der Waals surface area contributed by atoms with E-state index in [0.717, 1.165) is 17.0 Å². The highest BCUT2D eigenvalue weighted by molar-refractivity contribution is 5.59. The van der Waals surface area contributed by atoms with Gasteiger partial charge < -0.3 is 10.5 Å². The minimum absolute atomic E-state index is 0.510. The number of ether oxygens (including phenoxy) is 1. The number of anilines is 1. The molecule has 3 aromatic rings. The zero-order valence-electron chi connectivity index (χ0n) is 11.7. The number of nitrogens with zero attached hydrogens (tertiary/aromatic N) is 2. The molecular weight excluding hydrogens is 262 g/mol. The van der Waals surface area contributed by atoms with Crippen molar-refractivity contribution in [2.45, 2.75) is 6.92 Å². The first-order valence-corrected chi connectivity index (χ1v) is 6.65. The van der Waals surface area contributed by atoms with Crippen LogP contribution in [0.3, 0.4) is 0 Å². The predicted molar refractivity (Wildman–Crippen MR) is 83.1 cm³/mol. The van der Waals surface area contributed by atoms with Crippen molar-refractivity contribution in [1.82, 2.24) is 9.97 Å². The third kappa shape index (κ3) is 3.00. The molecular formula is C17H15N3O.